The molecule has 0 saturated heterocycles. The van der Waals surface area contributed by atoms with Crippen LogP contribution in [0.2, 0.25) is 0 Å². The van der Waals surface area contributed by atoms with Gasteiger partial charge in [-0.15, -0.1) is 0 Å². The van der Waals surface area contributed by atoms with Crippen molar-refractivity contribution in [1.29, 1.82) is 0 Å². The maximum Gasteiger partial charge on any atom is 0.326 e. The van der Waals surface area contributed by atoms with Crippen LogP contribution in [0.25, 0.3) is 0 Å². The quantitative estimate of drug-likeness (QED) is 0.622. The van der Waals surface area contributed by atoms with E-state index in [-0.39, 0.29) is 5.92 Å². The zero-order valence-electron chi connectivity index (χ0n) is 7.91. The predicted octanol–water partition coefficient (Wildman–Crippen LogP) is 0.788. The molecule has 0 bridgehead atoms. The Balaban J connectivity index is 4.17. The molecule has 0 aliphatic carbocycles. The van der Waals surface area contributed by atoms with E-state index in [0.29, 0.717) is 6.42 Å². The van der Waals surface area contributed by atoms with E-state index in [1.54, 1.807) is 0 Å². The van der Waals surface area contributed by atoms with Crippen molar-refractivity contribution >= 4 is 11.9 Å². The van der Waals surface area contributed by atoms with E-state index in [1.165, 1.54) is 0 Å². The highest BCUT2D eigenvalue weighted by atomic mass is 16.4. The van der Waals surface area contributed by atoms with Gasteiger partial charge in [0.2, 0.25) is 5.91 Å². The Bertz CT molecular complexity index is 211. The molecule has 1 atom stereocenters. The number of carbonyl (C=O) groups excluding carboxylic acids is 1. The Morgan fingerprint density at radius 1 is 1.54 bits per heavy atom. The SMILES string of the molecule is C=CC(=O)N[C@H](CC(C)C)C(=O)O. The lowest BCUT2D eigenvalue weighted by atomic mass is 10.0. The third kappa shape index (κ3) is 5.00. The van der Waals surface area contributed by atoms with Gasteiger partial charge in [0.15, 0.2) is 0 Å². The van der Waals surface area contributed by atoms with Crippen LogP contribution < -0.4 is 5.32 Å². The van der Waals surface area contributed by atoms with Crippen molar-refractivity contribution in [2.75, 3.05) is 0 Å². The van der Waals surface area contributed by atoms with Crippen LogP contribution >= 0.6 is 0 Å². The normalized spacial score (nSPS) is 12.2. The van der Waals surface area contributed by atoms with Gasteiger partial charge in [0, 0.05) is 0 Å². The zero-order chi connectivity index (χ0) is 10.4. The van der Waals surface area contributed by atoms with Crippen LogP contribution in [0.15, 0.2) is 12.7 Å². The maximum absolute atomic E-state index is 10.8. The second-order valence-electron chi connectivity index (χ2n) is 3.23. The first-order valence-corrected chi connectivity index (χ1v) is 4.13. The minimum Gasteiger partial charge on any atom is -0.480 e. The van der Waals surface area contributed by atoms with E-state index in [9.17, 15) is 9.59 Å². The van der Waals surface area contributed by atoms with Crippen LogP contribution in [-0.2, 0) is 9.59 Å². The molecule has 0 aromatic carbocycles. The van der Waals surface area contributed by atoms with Crippen molar-refractivity contribution < 1.29 is 14.7 Å². The standard InChI is InChI=1S/C9H15NO3/c1-4-8(11)10-7(9(12)13)5-6(2)3/h4,6-7H,1,5H2,2-3H3,(H,10,11)(H,12,13)/t7-/m1/s1. The lowest BCUT2D eigenvalue weighted by molar-refractivity contribution is -0.141. The van der Waals surface area contributed by atoms with Gasteiger partial charge in [-0.3, -0.25) is 4.79 Å². The van der Waals surface area contributed by atoms with E-state index in [4.69, 9.17) is 5.11 Å². The van der Waals surface area contributed by atoms with Crippen LogP contribution in [0, 0.1) is 5.92 Å². The van der Waals surface area contributed by atoms with Gasteiger partial charge < -0.3 is 10.4 Å². The lowest BCUT2D eigenvalue weighted by Crippen LogP contribution is -2.40. The first kappa shape index (κ1) is 11.7. The number of carboxylic acid groups (broad SMARTS) is 1. The lowest BCUT2D eigenvalue weighted by Gasteiger charge is -2.14. The van der Waals surface area contributed by atoms with Gasteiger partial charge in [0.05, 0.1) is 0 Å². The third-order valence-electron chi connectivity index (χ3n) is 1.51. The van der Waals surface area contributed by atoms with Gasteiger partial charge in [-0.05, 0) is 18.4 Å². The molecule has 4 nitrogen and oxygen atoms in total. The second-order valence-corrected chi connectivity index (χ2v) is 3.23. The van der Waals surface area contributed by atoms with E-state index >= 15 is 0 Å². The number of rotatable bonds is 5. The number of amides is 1. The monoisotopic (exact) mass is 185 g/mol. The fraction of sp³-hybridized carbons (Fsp3) is 0.556. The number of carboxylic acids is 1. The molecule has 0 aliphatic heterocycles. The minimum absolute atomic E-state index is 0.228. The number of hydrogen-bond acceptors (Lipinski definition) is 2. The predicted molar refractivity (Wildman–Crippen MR) is 49.2 cm³/mol. The van der Waals surface area contributed by atoms with Gasteiger partial charge in [0.1, 0.15) is 6.04 Å². The van der Waals surface area contributed by atoms with Crippen molar-refractivity contribution in [2.24, 2.45) is 5.92 Å². The van der Waals surface area contributed by atoms with Gasteiger partial charge in [-0.1, -0.05) is 20.4 Å². The molecular weight excluding hydrogens is 170 g/mol. The summed E-state index contributed by atoms with van der Waals surface area (Å²) in [4.78, 5) is 21.5. The molecule has 4 heteroatoms. The van der Waals surface area contributed by atoms with Crippen molar-refractivity contribution in [2.45, 2.75) is 26.3 Å². The van der Waals surface area contributed by atoms with Crippen molar-refractivity contribution in [3.63, 3.8) is 0 Å². The highest BCUT2D eigenvalue weighted by molar-refractivity contribution is 5.90. The molecule has 1 amide bonds. The summed E-state index contributed by atoms with van der Waals surface area (Å²) in [5.41, 5.74) is 0. The molecular formula is C9H15NO3. The molecule has 74 valence electrons. The Kier molecular flexibility index (Phi) is 4.80. The summed E-state index contributed by atoms with van der Waals surface area (Å²) >= 11 is 0. The topological polar surface area (TPSA) is 66.4 Å². The second kappa shape index (κ2) is 5.35. The molecule has 0 aliphatic rings. The maximum atomic E-state index is 10.8. The van der Waals surface area contributed by atoms with E-state index < -0.39 is 17.9 Å². The van der Waals surface area contributed by atoms with E-state index in [1.807, 2.05) is 13.8 Å². The summed E-state index contributed by atoms with van der Waals surface area (Å²) in [6.07, 6.45) is 1.49. The van der Waals surface area contributed by atoms with Crippen LogP contribution in [0.5, 0.6) is 0 Å². The molecule has 0 radical (unpaired) electrons. The number of aliphatic carboxylic acids is 1. The van der Waals surface area contributed by atoms with E-state index in [2.05, 4.69) is 11.9 Å². The smallest absolute Gasteiger partial charge is 0.326 e. The largest absolute Gasteiger partial charge is 0.480 e. The molecule has 0 unspecified atom stereocenters. The highest BCUT2D eigenvalue weighted by Crippen LogP contribution is 2.04. The van der Waals surface area contributed by atoms with Crippen LogP contribution in [-0.4, -0.2) is 23.0 Å². The highest BCUT2D eigenvalue weighted by Gasteiger charge is 2.19. The Hall–Kier alpha value is -1.32. The van der Waals surface area contributed by atoms with Crippen molar-refractivity contribution in [3.8, 4) is 0 Å². The average Bonchev–Trinajstić information content (AvgIpc) is 2.02. The molecule has 13 heavy (non-hydrogen) atoms. The molecule has 0 aromatic heterocycles. The molecule has 0 fully saturated rings. The van der Waals surface area contributed by atoms with Crippen LogP contribution in [0.3, 0.4) is 0 Å². The number of hydrogen-bond donors (Lipinski definition) is 2. The summed E-state index contributed by atoms with van der Waals surface area (Å²) in [6, 6.07) is -0.814. The third-order valence-corrected chi connectivity index (χ3v) is 1.51. The first-order chi connectivity index (χ1) is 5.97. The van der Waals surface area contributed by atoms with Gasteiger partial charge in [0.25, 0.3) is 0 Å². The average molecular weight is 185 g/mol. The van der Waals surface area contributed by atoms with Crippen LogP contribution in [0.1, 0.15) is 20.3 Å². The molecule has 0 saturated carbocycles. The molecule has 0 heterocycles. The summed E-state index contributed by atoms with van der Waals surface area (Å²) in [6.45, 7) is 7.04. The molecule has 0 spiro atoms. The Labute approximate surface area is 77.6 Å². The fourth-order valence-electron chi connectivity index (χ4n) is 0.924. The molecule has 0 rings (SSSR count). The summed E-state index contributed by atoms with van der Waals surface area (Å²) in [5.74, 6) is -1.23. The minimum atomic E-state index is -1.01. The van der Waals surface area contributed by atoms with Gasteiger partial charge in [-0.2, -0.15) is 0 Å². The molecule has 2 N–H and O–H groups in total. The van der Waals surface area contributed by atoms with Gasteiger partial charge >= 0.3 is 5.97 Å². The van der Waals surface area contributed by atoms with Crippen LogP contribution in [0.4, 0.5) is 0 Å². The summed E-state index contributed by atoms with van der Waals surface area (Å²) in [5, 5.41) is 11.1. The Morgan fingerprint density at radius 2 is 2.08 bits per heavy atom. The number of nitrogens with one attached hydrogen (secondary N) is 1. The summed E-state index contributed by atoms with van der Waals surface area (Å²) < 4.78 is 0. The van der Waals surface area contributed by atoms with Crippen molar-refractivity contribution in [3.05, 3.63) is 12.7 Å². The van der Waals surface area contributed by atoms with Crippen molar-refractivity contribution in [1.82, 2.24) is 5.32 Å². The number of carbonyl (C=O) groups is 2. The fourth-order valence-corrected chi connectivity index (χ4v) is 0.924. The summed E-state index contributed by atoms with van der Waals surface area (Å²) in [7, 11) is 0. The molecule has 0 aromatic rings. The van der Waals surface area contributed by atoms with Gasteiger partial charge in [-0.25, -0.2) is 4.79 Å². The zero-order valence-corrected chi connectivity index (χ0v) is 7.91. The first-order valence-electron chi connectivity index (χ1n) is 4.13. The van der Waals surface area contributed by atoms with E-state index in [0.717, 1.165) is 6.08 Å². The Morgan fingerprint density at radius 3 is 2.38 bits per heavy atom.